The minimum atomic E-state index is -0.505. The maximum absolute atomic E-state index is 13.3. The van der Waals surface area contributed by atoms with Crippen LogP contribution in [0.3, 0.4) is 0 Å². The van der Waals surface area contributed by atoms with E-state index >= 15 is 0 Å². The van der Waals surface area contributed by atoms with Crippen molar-refractivity contribution in [1.82, 2.24) is 4.90 Å². The summed E-state index contributed by atoms with van der Waals surface area (Å²) in [7, 11) is 1.68. The summed E-state index contributed by atoms with van der Waals surface area (Å²) in [6, 6.07) is -0.505. The van der Waals surface area contributed by atoms with Gasteiger partial charge >= 0.3 is 0 Å². The van der Waals surface area contributed by atoms with Crippen molar-refractivity contribution in [3.8, 4) is 0 Å². The van der Waals surface area contributed by atoms with E-state index in [1.807, 2.05) is 13.8 Å². The number of allylic oxidation sites excluding steroid dienone is 2. The van der Waals surface area contributed by atoms with Crippen molar-refractivity contribution in [3.63, 3.8) is 0 Å². The number of likely N-dealkylation sites (tertiary alicyclic amines) is 1. The molecule has 2 aliphatic carbocycles. The average Bonchev–Trinajstić information content (AvgIpc) is 3.18. The standard InChI is InChI=1S/C26H39NO4/c1-12(2)22-24(29)20(25(30)27(22)8)23(28)19-18-14(4)9-13(3)10-17(18)11-15(5)21(19)26(7)16(6)31-26/h11-14,16-19,21-22,28H,9-10H2,1-8H3/b23-20-/t13-,14+,16-,17+,18+,19-,21?,22-,26+/m0/s1. The Morgan fingerprint density at radius 1 is 1.23 bits per heavy atom. The van der Waals surface area contributed by atoms with E-state index in [9.17, 15) is 14.7 Å². The highest BCUT2D eigenvalue weighted by molar-refractivity contribution is 6.26. The third-order valence-electron chi connectivity index (χ3n) is 8.81. The second-order valence-corrected chi connectivity index (χ2v) is 11.4. The van der Waals surface area contributed by atoms with E-state index in [4.69, 9.17) is 4.74 Å². The second-order valence-electron chi connectivity index (χ2n) is 11.4. The van der Waals surface area contributed by atoms with Crippen molar-refractivity contribution in [1.29, 1.82) is 0 Å². The molecule has 2 heterocycles. The molecule has 3 fully saturated rings. The summed E-state index contributed by atoms with van der Waals surface area (Å²) in [4.78, 5) is 28.0. The molecule has 0 aromatic heterocycles. The molecule has 1 N–H and O–H groups in total. The maximum atomic E-state index is 13.3. The van der Waals surface area contributed by atoms with Gasteiger partial charge in [0.2, 0.25) is 0 Å². The summed E-state index contributed by atoms with van der Waals surface area (Å²) in [6.45, 7) is 14.8. The summed E-state index contributed by atoms with van der Waals surface area (Å²) in [5.41, 5.74) is 0.868. The largest absolute Gasteiger partial charge is 0.511 e. The normalized spacial score (nSPS) is 46.9. The van der Waals surface area contributed by atoms with Crippen LogP contribution < -0.4 is 0 Å². The third kappa shape index (κ3) is 3.30. The van der Waals surface area contributed by atoms with Crippen LogP contribution in [-0.2, 0) is 14.3 Å². The number of epoxide rings is 1. The number of rotatable bonds is 3. The Balaban J connectivity index is 1.86. The molecule has 1 unspecified atom stereocenters. The highest BCUT2D eigenvalue weighted by Crippen LogP contribution is 2.59. The van der Waals surface area contributed by atoms with Gasteiger partial charge in [-0.05, 0) is 63.2 Å². The van der Waals surface area contributed by atoms with E-state index < -0.39 is 6.04 Å². The maximum Gasteiger partial charge on any atom is 0.261 e. The molecule has 1 saturated carbocycles. The lowest BCUT2D eigenvalue weighted by molar-refractivity contribution is -0.126. The van der Waals surface area contributed by atoms with Crippen molar-refractivity contribution in [2.24, 2.45) is 41.4 Å². The van der Waals surface area contributed by atoms with Crippen molar-refractivity contribution in [2.75, 3.05) is 7.05 Å². The predicted molar refractivity (Wildman–Crippen MR) is 120 cm³/mol. The van der Waals surface area contributed by atoms with Crippen molar-refractivity contribution in [2.45, 2.75) is 79.1 Å². The second kappa shape index (κ2) is 7.47. The molecule has 0 aromatic carbocycles. The number of aliphatic hydroxyl groups excluding tert-OH is 1. The first-order chi connectivity index (χ1) is 14.4. The summed E-state index contributed by atoms with van der Waals surface area (Å²) in [5, 5.41) is 11.7. The predicted octanol–water partition coefficient (Wildman–Crippen LogP) is 4.53. The van der Waals surface area contributed by atoms with Gasteiger partial charge in [0.15, 0.2) is 5.78 Å². The van der Waals surface area contributed by atoms with Gasteiger partial charge in [-0.3, -0.25) is 9.59 Å². The molecule has 5 nitrogen and oxygen atoms in total. The number of ether oxygens (including phenoxy) is 1. The Labute approximate surface area is 186 Å². The van der Waals surface area contributed by atoms with E-state index in [0.717, 1.165) is 12.8 Å². The fourth-order valence-corrected chi connectivity index (χ4v) is 7.38. The molecule has 4 aliphatic rings. The highest BCUT2D eigenvalue weighted by atomic mass is 16.6. The number of hydrogen-bond donors (Lipinski definition) is 1. The number of ketones is 1. The summed E-state index contributed by atoms with van der Waals surface area (Å²) in [6.07, 6.45) is 4.68. The monoisotopic (exact) mass is 429 g/mol. The van der Waals surface area contributed by atoms with E-state index in [0.29, 0.717) is 17.8 Å². The fourth-order valence-electron chi connectivity index (χ4n) is 7.38. The topological polar surface area (TPSA) is 70.1 Å². The summed E-state index contributed by atoms with van der Waals surface area (Å²) >= 11 is 0. The number of fused-ring (bicyclic) bond motifs is 1. The Morgan fingerprint density at radius 2 is 1.84 bits per heavy atom. The Kier molecular flexibility index (Phi) is 5.44. The lowest BCUT2D eigenvalue weighted by Crippen LogP contribution is -2.47. The van der Waals surface area contributed by atoms with E-state index in [-0.39, 0.29) is 58.4 Å². The van der Waals surface area contributed by atoms with Gasteiger partial charge < -0.3 is 14.7 Å². The van der Waals surface area contributed by atoms with Crippen LogP contribution in [0.5, 0.6) is 0 Å². The minimum Gasteiger partial charge on any atom is -0.511 e. The number of carbonyl (C=O) groups excluding carboxylic acids is 2. The van der Waals surface area contributed by atoms with Crippen LogP contribution in [0.2, 0.25) is 0 Å². The molecule has 31 heavy (non-hydrogen) atoms. The molecular formula is C26H39NO4. The molecular weight excluding hydrogens is 390 g/mol. The van der Waals surface area contributed by atoms with E-state index in [1.165, 1.54) is 10.5 Å². The first kappa shape index (κ1) is 22.6. The number of carbonyl (C=O) groups is 2. The lowest BCUT2D eigenvalue weighted by Gasteiger charge is -2.50. The number of hydrogen-bond acceptors (Lipinski definition) is 4. The highest BCUT2D eigenvalue weighted by Gasteiger charge is 2.62. The van der Waals surface area contributed by atoms with E-state index in [2.05, 4.69) is 40.7 Å². The zero-order valence-corrected chi connectivity index (χ0v) is 20.3. The molecule has 0 radical (unpaired) electrons. The molecule has 0 bridgehead atoms. The molecule has 0 aromatic rings. The van der Waals surface area contributed by atoms with Gasteiger partial charge in [-0.1, -0.05) is 39.3 Å². The minimum absolute atomic E-state index is 0.00189. The van der Waals surface area contributed by atoms with Crippen LogP contribution in [0.4, 0.5) is 0 Å². The molecule has 9 atom stereocenters. The number of likely N-dealkylation sites (N-methyl/N-ethyl adjacent to an activating group) is 1. The summed E-state index contributed by atoms with van der Waals surface area (Å²) < 4.78 is 6.07. The van der Waals surface area contributed by atoms with Gasteiger partial charge in [0, 0.05) is 18.9 Å². The quantitative estimate of drug-likeness (QED) is 0.235. The first-order valence-electron chi connectivity index (χ1n) is 12.0. The molecule has 2 aliphatic heterocycles. The van der Waals surface area contributed by atoms with E-state index in [1.54, 1.807) is 7.05 Å². The van der Waals surface area contributed by atoms with Gasteiger partial charge in [0.05, 0.1) is 17.7 Å². The van der Waals surface area contributed by atoms with Crippen LogP contribution >= 0.6 is 0 Å². The van der Waals surface area contributed by atoms with Gasteiger partial charge in [0.1, 0.15) is 11.3 Å². The average molecular weight is 430 g/mol. The van der Waals surface area contributed by atoms with Crippen LogP contribution in [-0.4, -0.2) is 46.5 Å². The van der Waals surface area contributed by atoms with Crippen molar-refractivity contribution in [3.05, 3.63) is 23.0 Å². The smallest absolute Gasteiger partial charge is 0.261 e. The Bertz CT molecular complexity index is 857. The summed E-state index contributed by atoms with van der Waals surface area (Å²) in [5.74, 6) is 0.738. The molecule has 4 rings (SSSR count). The van der Waals surface area contributed by atoms with Gasteiger partial charge in [-0.2, -0.15) is 0 Å². The lowest BCUT2D eigenvalue weighted by atomic mass is 9.54. The van der Waals surface area contributed by atoms with Crippen molar-refractivity contribution < 1.29 is 19.4 Å². The molecule has 5 heteroatoms. The van der Waals surface area contributed by atoms with Crippen LogP contribution in [0.15, 0.2) is 23.0 Å². The van der Waals surface area contributed by atoms with Crippen molar-refractivity contribution >= 4 is 11.7 Å². The van der Waals surface area contributed by atoms with Gasteiger partial charge in [0.25, 0.3) is 5.91 Å². The SMILES string of the molecule is CC1=C[C@H]2C[C@@H](C)C[C@@H](C)[C@H]2[C@H](/C(O)=C2\C(=O)[C@H](C(C)C)N(C)C2=O)C1[C@]1(C)O[C@H]1C. The number of Topliss-reactive ketones (excluding diaryl/α,β-unsaturated/α-hetero) is 1. The Hall–Kier alpha value is -1.62. The zero-order valence-electron chi connectivity index (χ0n) is 20.3. The molecule has 2 saturated heterocycles. The van der Waals surface area contributed by atoms with Crippen LogP contribution in [0.25, 0.3) is 0 Å². The number of aliphatic hydroxyl groups is 1. The van der Waals surface area contributed by atoms with Crippen LogP contribution in [0.1, 0.15) is 61.3 Å². The number of amides is 1. The molecule has 172 valence electrons. The first-order valence-corrected chi connectivity index (χ1v) is 12.0. The molecule has 0 spiro atoms. The fraction of sp³-hybridized carbons (Fsp3) is 0.769. The number of nitrogens with zero attached hydrogens (tertiary/aromatic N) is 1. The molecule has 1 amide bonds. The van der Waals surface area contributed by atoms with Gasteiger partial charge in [-0.25, -0.2) is 0 Å². The van der Waals surface area contributed by atoms with Crippen LogP contribution in [0, 0.1) is 41.4 Å². The Morgan fingerprint density at radius 3 is 2.35 bits per heavy atom. The van der Waals surface area contributed by atoms with Gasteiger partial charge in [-0.15, -0.1) is 0 Å². The zero-order chi connectivity index (χ0) is 23.0. The third-order valence-corrected chi connectivity index (χ3v) is 8.81.